The molecule has 2 heterocycles. The Labute approximate surface area is 113 Å². The molecular weight excluding hydrogens is 244 g/mol. The largest absolute Gasteiger partial charge is 0.370 e. The number of aryl methyl sites for hydroxylation is 1. The molecule has 3 N–H and O–H groups in total. The molecule has 1 aromatic heterocycles. The fraction of sp³-hybridized carbons (Fsp3) is 0.750. The Morgan fingerprint density at radius 2 is 2.47 bits per heavy atom. The van der Waals surface area contributed by atoms with Gasteiger partial charge in [-0.1, -0.05) is 12.1 Å². The Bertz CT molecular complexity index is 430. The highest BCUT2D eigenvalue weighted by Crippen LogP contribution is 2.15. The van der Waals surface area contributed by atoms with Crippen molar-refractivity contribution in [1.82, 2.24) is 20.4 Å². The fourth-order valence-electron chi connectivity index (χ4n) is 2.38. The number of nitrogens with zero attached hydrogens (tertiary/aromatic N) is 4. The number of aromatic nitrogens is 2. The molecule has 1 fully saturated rings. The van der Waals surface area contributed by atoms with Crippen LogP contribution in [0.5, 0.6) is 0 Å². The van der Waals surface area contributed by atoms with Gasteiger partial charge in [0.25, 0.3) is 0 Å². The maximum Gasteiger partial charge on any atom is 0.248 e. The third kappa shape index (κ3) is 3.92. The van der Waals surface area contributed by atoms with Crippen molar-refractivity contribution in [1.29, 1.82) is 0 Å². The third-order valence-electron chi connectivity index (χ3n) is 3.38. The van der Waals surface area contributed by atoms with Gasteiger partial charge in [-0.3, -0.25) is 4.90 Å². The lowest BCUT2D eigenvalue weighted by Crippen LogP contribution is -2.42. The number of likely N-dealkylation sites (N-methyl/N-ethyl adjacent to an activating group) is 1. The molecule has 1 atom stereocenters. The van der Waals surface area contributed by atoms with Crippen LogP contribution in [0.15, 0.2) is 9.52 Å². The molecule has 0 amide bonds. The van der Waals surface area contributed by atoms with Crippen LogP contribution in [0.4, 0.5) is 0 Å². The first-order valence-corrected chi connectivity index (χ1v) is 6.76. The second-order valence-electron chi connectivity index (χ2n) is 4.74. The molecular formula is C12H22N6O. The van der Waals surface area contributed by atoms with Gasteiger partial charge >= 0.3 is 0 Å². The molecule has 1 aliphatic heterocycles. The Morgan fingerprint density at radius 3 is 3.16 bits per heavy atom. The minimum absolute atomic E-state index is 0.321. The molecule has 0 radical (unpaired) electrons. The van der Waals surface area contributed by atoms with Crippen LogP contribution in [0.3, 0.4) is 0 Å². The molecule has 2 rings (SSSR count). The second-order valence-corrected chi connectivity index (χ2v) is 4.74. The monoisotopic (exact) mass is 266 g/mol. The molecule has 0 saturated carbocycles. The van der Waals surface area contributed by atoms with Crippen LogP contribution in [0, 0.1) is 6.92 Å². The van der Waals surface area contributed by atoms with Crippen LogP contribution in [-0.4, -0.2) is 46.7 Å². The van der Waals surface area contributed by atoms with Crippen molar-refractivity contribution >= 4 is 5.96 Å². The summed E-state index contributed by atoms with van der Waals surface area (Å²) in [5, 5.41) is 6.86. The van der Waals surface area contributed by atoms with Crippen molar-refractivity contribution in [3.05, 3.63) is 11.7 Å². The summed E-state index contributed by atoms with van der Waals surface area (Å²) in [6, 6.07) is 0.560. The number of aliphatic imine (C=N–C) groups is 1. The average Bonchev–Trinajstić information content (AvgIpc) is 3.02. The van der Waals surface area contributed by atoms with Gasteiger partial charge in [-0.25, -0.2) is 4.99 Å². The van der Waals surface area contributed by atoms with Crippen molar-refractivity contribution in [2.24, 2.45) is 10.7 Å². The Balaban J connectivity index is 1.76. The molecule has 0 aromatic carbocycles. The van der Waals surface area contributed by atoms with Gasteiger partial charge in [-0.05, 0) is 32.9 Å². The third-order valence-corrected chi connectivity index (χ3v) is 3.38. The van der Waals surface area contributed by atoms with Crippen LogP contribution < -0.4 is 11.1 Å². The second kappa shape index (κ2) is 6.51. The fourth-order valence-corrected chi connectivity index (χ4v) is 2.38. The number of likely N-dealkylation sites (tertiary alicyclic amines) is 1. The number of nitrogens with two attached hydrogens (primary N) is 1. The lowest BCUT2D eigenvalue weighted by Gasteiger charge is -2.22. The van der Waals surface area contributed by atoms with Crippen LogP contribution in [0.1, 0.15) is 31.5 Å². The number of nitrogens with one attached hydrogen (secondary N) is 1. The van der Waals surface area contributed by atoms with E-state index in [1.54, 1.807) is 6.92 Å². The van der Waals surface area contributed by atoms with Gasteiger partial charge in [0.1, 0.15) is 6.54 Å². The SMILES string of the molecule is CCN1CCCC1CNC(N)=NCc1nc(C)no1. The van der Waals surface area contributed by atoms with E-state index in [0.29, 0.717) is 30.3 Å². The van der Waals surface area contributed by atoms with Crippen LogP contribution in [-0.2, 0) is 6.54 Å². The molecule has 7 nitrogen and oxygen atoms in total. The summed E-state index contributed by atoms with van der Waals surface area (Å²) in [5.74, 6) is 1.53. The Kier molecular flexibility index (Phi) is 4.73. The summed E-state index contributed by atoms with van der Waals surface area (Å²) in [5.41, 5.74) is 5.82. The maximum absolute atomic E-state index is 5.82. The van der Waals surface area contributed by atoms with Crippen molar-refractivity contribution in [2.45, 2.75) is 39.3 Å². The zero-order valence-electron chi connectivity index (χ0n) is 11.6. The molecule has 19 heavy (non-hydrogen) atoms. The Morgan fingerprint density at radius 1 is 1.63 bits per heavy atom. The quantitative estimate of drug-likeness (QED) is 0.587. The van der Waals surface area contributed by atoms with Crippen molar-refractivity contribution in [3.8, 4) is 0 Å². The molecule has 0 spiro atoms. The van der Waals surface area contributed by atoms with Crippen LogP contribution in [0.2, 0.25) is 0 Å². The standard InChI is InChI=1S/C12H22N6O/c1-3-18-6-4-5-10(18)7-14-12(13)15-8-11-16-9(2)17-19-11/h10H,3-8H2,1-2H3,(H3,13,14,15). The number of hydrogen-bond acceptors (Lipinski definition) is 5. The van der Waals surface area contributed by atoms with Gasteiger partial charge in [0.15, 0.2) is 11.8 Å². The van der Waals surface area contributed by atoms with Crippen molar-refractivity contribution in [2.75, 3.05) is 19.6 Å². The van der Waals surface area contributed by atoms with Gasteiger partial charge in [-0.2, -0.15) is 4.98 Å². The smallest absolute Gasteiger partial charge is 0.248 e. The lowest BCUT2D eigenvalue weighted by atomic mass is 10.2. The summed E-state index contributed by atoms with van der Waals surface area (Å²) in [6.07, 6.45) is 2.48. The van der Waals surface area contributed by atoms with E-state index in [-0.39, 0.29) is 0 Å². The maximum atomic E-state index is 5.82. The first-order chi connectivity index (χ1) is 9.19. The summed E-state index contributed by atoms with van der Waals surface area (Å²) >= 11 is 0. The molecule has 106 valence electrons. The first-order valence-electron chi connectivity index (χ1n) is 6.76. The average molecular weight is 266 g/mol. The minimum atomic E-state index is 0.321. The van der Waals surface area contributed by atoms with Gasteiger partial charge in [0.05, 0.1) is 0 Å². The van der Waals surface area contributed by atoms with E-state index < -0.39 is 0 Å². The normalized spacial score (nSPS) is 20.9. The van der Waals surface area contributed by atoms with E-state index in [9.17, 15) is 0 Å². The van der Waals surface area contributed by atoms with E-state index in [1.165, 1.54) is 19.4 Å². The van der Waals surface area contributed by atoms with E-state index in [4.69, 9.17) is 10.3 Å². The molecule has 1 aliphatic rings. The number of guanidine groups is 1. The Hall–Kier alpha value is -1.63. The van der Waals surface area contributed by atoms with Crippen molar-refractivity contribution < 1.29 is 4.52 Å². The lowest BCUT2D eigenvalue weighted by molar-refractivity contribution is 0.267. The molecule has 1 unspecified atom stereocenters. The van der Waals surface area contributed by atoms with Gasteiger partial charge in [0.2, 0.25) is 5.89 Å². The topological polar surface area (TPSA) is 92.6 Å². The van der Waals surface area contributed by atoms with Gasteiger partial charge in [-0.15, -0.1) is 0 Å². The van der Waals surface area contributed by atoms with Gasteiger partial charge < -0.3 is 15.6 Å². The highest BCUT2D eigenvalue weighted by molar-refractivity contribution is 5.77. The molecule has 1 saturated heterocycles. The highest BCUT2D eigenvalue weighted by Gasteiger charge is 2.22. The van der Waals surface area contributed by atoms with E-state index in [0.717, 1.165) is 13.1 Å². The zero-order chi connectivity index (χ0) is 13.7. The van der Waals surface area contributed by atoms with Gasteiger partial charge in [0, 0.05) is 12.6 Å². The molecule has 1 aromatic rings. The van der Waals surface area contributed by atoms with E-state index in [1.807, 2.05) is 0 Å². The molecule has 0 aliphatic carbocycles. The minimum Gasteiger partial charge on any atom is -0.370 e. The predicted octanol–water partition coefficient (Wildman–Crippen LogP) is 0.267. The van der Waals surface area contributed by atoms with Crippen LogP contribution >= 0.6 is 0 Å². The van der Waals surface area contributed by atoms with E-state index >= 15 is 0 Å². The number of rotatable bonds is 5. The molecule has 0 bridgehead atoms. The first kappa shape index (κ1) is 13.8. The molecule has 7 heteroatoms. The van der Waals surface area contributed by atoms with Crippen LogP contribution in [0.25, 0.3) is 0 Å². The summed E-state index contributed by atoms with van der Waals surface area (Å²) < 4.78 is 4.97. The van der Waals surface area contributed by atoms with E-state index in [2.05, 4.69) is 32.3 Å². The summed E-state index contributed by atoms with van der Waals surface area (Å²) in [7, 11) is 0. The summed E-state index contributed by atoms with van der Waals surface area (Å²) in [4.78, 5) is 10.7. The highest BCUT2D eigenvalue weighted by atomic mass is 16.5. The predicted molar refractivity (Wildman–Crippen MR) is 72.6 cm³/mol. The van der Waals surface area contributed by atoms with Crippen molar-refractivity contribution in [3.63, 3.8) is 0 Å². The zero-order valence-corrected chi connectivity index (χ0v) is 11.6. The summed E-state index contributed by atoms with van der Waals surface area (Å²) in [6.45, 7) is 7.39. The number of hydrogen-bond donors (Lipinski definition) is 2.